The van der Waals surface area contributed by atoms with Crippen LogP contribution in [-0.2, 0) is 16.9 Å². The van der Waals surface area contributed by atoms with Crippen molar-refractivity contribution in [3.05, 3.63) is 53.6 Å². The Bertz CT molecular complexity index is 860. The van der Waals surface area contributed by atoms with Crippen molar-refractivity contribution in [3.8, 4) is 0 Å². The number of carbonyl (C=O) groups is 1. The van der Waals surface area contributed by atoms with E-state index in [9.17, 15) is 9.18 Å². The molecular weight excluding hydrogens is 369 g/mol. The van der Waals surface area contributed by atoms with Crippen molar-refractivity contribution in [3.63, 3.8) is 0 Å². The molecule has 0 unspecified atom stereocenters. The molecule has 0 aliphatic carbocycles. The lowest BCUT2D eigenvalue weighted by Crippen LogP contribution is -2.52. The van der Waals surface area contributed by atoms with Crippen LogP contribution in [0.1, 0.15) is 43.9 Å². The summed E-state index contributed by atoms with van der Waals surface area (Å²) < 4.78 is 14.5. The average molecular weight is 397 g/mol. The van der Waals surface area contributed by atoms with E-state index >= 15 is 0 Å². The fraction of sp³-hybridized carbons (Fsp3) is 0.500. The summed E-state index contributed by atoms with van der Waals surface area (Å²) >= 11 is 0. The van der Waals surface area contributed by atoms with Crippen LogP contribution in [0, 0.1) is 5.82 Å². The number of hydrogen-bond acceptors (Lipinski definition) is 5. The van der Waals surface area contributed by atoms with Crippen molar-refractivity contribution < 1.29 is 9.18 Å². The quantitative estimate of drug-likeness (QED) is 0.841. The highest BCUT2D eigenvalue weighted by atomic mass is 19.1. The van der Waals surface area contributed by atoms with Crippen molar-refractivity contribution in [1.29, 1.82) is 0 Å². The van der Waals surface area contributed by atoms with Gasteiger partial charge in [-0.2, -0.15) is 0 Å². The van der Waals surface area contributed by atoms with Crippen LogP contribution in [0.25, 0.3) is 0 Å². The maximum Gasteiger partial charge on any atom is 0.225 e. The van der Waals surface area contributed by atoms with E-state index in [4.69, 9.17) is 4.98 Å². The van der Waals surface area contributed by atoms with Crippen molar-refractivity contribution >= 4 is 11.9 Å². The van der Waals surface area contributed by atoms with Gasteiger partial charge in [0.15, 0.2) is 0 Å². The van der Waals surface area contributed by atoms with Crippen molar-refractivity contribution in [2.75, 3.05) is 31.1 Å². The molecule has 2 aromatic rings. The second-order valence-electron chi connectivity index (χ2n) is 8.06. The summed E-state index contributed by atoms with van der Waals surface area (Å²) in [5.41, 5.74) is 0.924. The SMILES string of the molecule is CC(=O)NC1(c2ccccc2F)CCN(Cc2ccnc(N3CCCC3)n2)CC1. The van der Waals surface area contributed by atoms with Gasteiger partial charge in [-0.25, -0.2) is 14.4 Å². The van der Waals surface area contributed by atoms with Gasteiger partial charge in [0.25, 0.3) is 0 Å². The number of likely N-dealkylation sites (tertiary alicyclic amines) is 1. The molecule has 0 atom stereocenters. The molecular formula is C22H28FN5O. The van der Waals surface area contributed by atoms with Crippen molar-refractivity contribution in [2.45, 2.75) is 44.7 Å². The lowest BCUT2D eigenvalue weighted by Gasteiger charge is -2.42. The van der Waals surface area contributed by atoms with Crippen LogP contribution in [0.4, 0.5) is 10.3 Å². The standard InChI is InChI=1S/C22H28FN5O/c1-17(29)26-22(19-6-2-3-7-20(19)23)9-14-27(15-10-22)16-18-8-11-24-21(25-18)28-12-4-5-13-28/h2-3,6-8,11H,4-5,9-10,12-16H2,1H3,(H,26,29). The maximum atomic E-state index is 14.5. The van der Waals surface area contributed by atoms with Gasteiger partial charge in [-0.15, -0.1) is 0 Å². The third-order valence-corrected chi connectivity index (χ3v) is 5.99. The van der Waals surface area contributed by atoms with Gasteiger partial charge >= 0.3 is 0 Å². The highest BCUT2D eigenvalue weighted by molar-refractivity contribution is 5.74. The third kappa shape index (κ3) is 4.40. The van der Waals surface area contributed by atoms with E-state index in [1.54, 1.807) is 12.1 Å². The molecule has 0 bridgehead atoms. The molecule has 7 heteroatoms. The van der Waals surface area contributed by atoms with E-state index in [0.29, 0.717) is 18.4 Å². The number of amides is 1. The predicted octanol–water partition coefficient (Wildman–Crippen LogP) is 2.84. The zero-order chi connectivity index (χ0) is 20.3. The average Bonchev–Trinajstić information content (AvgIpc) is 3.25. The minimum absolute atomic E-state index is 0.132. The van der Waals surface area contributed by atoms with Crippen LogP contribution in [0.3, 0.4) is 0 Å². The Morgan fingerprint density at radius 2 is 1.86 bits per heavy atom. The molecule has 0 saturated carbocycles. The van der Waals surface area contributed by atoms with E-state index in [0.717, 1.165) is 44.4 Å². The lowest BCUT2D eigenvalue weighted by atomic mass is 9.80. The molecule has 1 N–H and O–H groups in total. The van der Waals surface area contributed by atoms with Crippen LogP contribution >= 0.6 is 0 Å². The molecule has 2 aliphatic rings. The molecule has 2 saturated heterocycles. The van der Waals surface area contributed by atoms with Crippen LogP contribution in [0.15, 0.2) is 36.5 Å². The number of nitrogens with zero attached hydrogens (tertiary/aromatic N) is 4. The predicted molar refractivity (Wildman–Crippen MR) is 110 cm³/mol. The number of nitrogens with one attached hydrogen (secondary N) is 1. The number of benzene rings is 1. The Morgan fingerprint density at radius 3 is 2.55 bits per heavy atom. The van der Waals surface area contributed by atoms with E-state index < -0.39 is 5.54 Å². The topological polar surface area (TPSA) is 61.4 Å². The van der Waals surface area contributed by atoms with E-state index in [2.05, 4.69) is 20.1 Å². The van der Waals surface area contributed by atoms with Gasteiger partial charge in [0.2, 0.25) is 11.9 Å². The first-order chi connectivity index (χ1) is 14.1. The van der Waals surface area contributed by atoms with Crippen molar-refractivity contribution in [2.24, 2.45) is 0 Å². The summed E-state index contributed by atoms with van der Waals surface area (Å²) in [6.45, 7) is 5.80. The summed E-state index contributed by atoms with van der Waals surface area (Å²) in [5, 5.41) is 3.05. The summed E-state index contributed by atoms with van der Waals surface area (Å²) in [4.78, 5) is 25.6. The monoisotopic (exact) mass is 397 g/mol. The Morgan fingerprint density at radius 1 is 1.14 bits per heavy atom. The molecule has 0 spiro atoms. The second-order valence-corrected chi connectivity index (χ2v) is 8.06. The molecule has 2 aliphatic heterocycles. The zero-order valence-corrected chi connectivity index (χ0v) is 16.9. The Kier molecular flexibility index (Phi) is 5.76. The molecule has 0 radical (unpaired) electrons. The number of anilines is 1. The first-order valence-electron chi connectivity index (χ1n) is 10.4. The largest absolute Gasteiger partial charge is 0.347 e. The van der Waals surface area contributed by atoms with Crippen LogP contribution in [-0.4, -0.2) is 47.0 Å². The van der Waals surface area contributed by atoms with Gasteiger partial charge < -0.3 is 10.2 Å². The minimum atomic E-state index is -0.653. The number of aromatic nitrogens is 2. The lowest BCUT2D eigenvalue weighted by molar-refractivity contribution is -0.121. The zero-order valence-electron chi connectivity index (χ0n) is 16.9. The first kappa shape index (κ1) is 19.8. The maximum absolute atomic E-state index is 14.5. The van der Waals surface area contributed by atoms with Gasteiger partial charge in [-0.05, 0) is 37.8 Å². The number of carbonyl (C=O) groups excluding carboxylic acids is 1. The molecule has 29 heavy (non-hydrogen) atoms. The van der Waals surface area contributed by atoms with Gasteiger partial charge in [0.1, 0.15) is 5.82 Å². The number of hydrogen-bond donors (Lipinski definition) is 1. The molecule has 1 amide bonds. The molecule has 154 valence electrons. The summed E-state index contributed by atoms with van der Waals surface area (Å²) in [5.74, 6) is 0.421. The molecule has 2 fully saturated rings. The molecule has 3 heterocycles. The summed E-state index contributed by atoms with van der Waals surface area (Å²) in [6.07, 6.45) is 5.55. The second kappa shape index (κ2) is 8.45. The molecule has 4 rings (SSSR count). The number of halogens is 1. The first-order valence-corrected chi connectivity index (χ1v) is 10.4. The van der Waals surface area contributed by atoms with Gasteiger partial charge in [-0.3, -0.25) is 9.69 Å². The van der Waals surface area contributed by atoms with E-state index in [-0.39, 0.29) is 11.7 Å². The Labute approximate surface area is 171 Å². The van der Waals surface area contributed by atoms with Crippen LogP contribution in [0.2, 0.25) is 0 Å². The normalized spacial score (nSPS) is 19.3. The molecule has 1 aromatic heterocycles. The highest BCUT2D eigenvalue weighted by Gasteiger charge is 2.38. The van der Waals surface area contributed by atoms with Crippen molar-refractivity contribution in [1.82, 2.24) is 20.2 Å². The third-order valence-electron chi connectivity index (χ3n) is 5.99. The fourth-order valence-electron chi connectivity index (χ4n) is 4.51. The Hall–Kier alpha value is -2.54. The number of rotatable bonds is 5. The van der Waals surface area contributed by atoms with Crippen LogP contribution < -0.4 is 10.2 Å². The fourth-order valence-corrected chi connectivity index (χ4v) is 4.51. The van der Waals surface area contributed by atoms with Gasteiger partial charge in [0.05, 0.1) is 11.2 Å². The summed E-state index contributed by atoms with van der Waals surface area (Å²) in [6, 6.07) is 8.73. The van der Waals surface area contributed by atoms with Crippen LogP contribution in [0.5, 0.6) is 0 Å². The smallest absolute Gasteiger partial charge is 0.225 e. The van der Waals surface area contributed by atoms with Gasteiger partial charge in [-0.1, -0.05) is 18.2 Å². The molecule has 6 nitrogen and oxygen atoms in total. The Balaban J connectivity index is 1.45. The van der Waals surface area contributed by atoms with Gasteiger partial charge in [0, 0.05) is 51.4 Å². The van der Waals surface area contributed by atoms with E-state index in [1.165, 1.54) is 25.8 Å². The number of piperidine rings is 1. The highest BCUT2D eigenvalue weighted by Crippen LogP contribution is 2.35. The minimum Gasteiger partial charge on any atom is -0.347 e. The summed E-state index contributed by atoms with van der Waals surface area (Å²) in [7, 11) is 0. The van der Waals surface area contributed by atoms with E-state index in [1.807, 2.05) is 18.3 Å². The molecule has 1 aromatic carbocycles.